The predicted octanol–water partition coefficient (Wildman–Crippen LogP) is 3.75. The zero-order valence-electron chi connectivity index (χ0n) is 14.2. The van der Waals surface area contributed by atoms with E-state index in [-0.39, 0.29) is 5.91 Å². The fraction of sp³-hybridized carbons (Fsp3) is 0.0476. The molecule has 0 unspecified atom stereocenters. The fourth-order valence-electron chi connectivity index (χ4n) is 3.05. The van der Waals surface area contributed by atoms with Gasteiger partial charge in [-0.25, -0.2) is 5.48 Å². The van der Waals surface area contributed by atoms with Crippen LogP contribution in [0.4, 0.5) is 5.69 Å². The minimum Gasteiger partial charge on any atom is -0.454 e. The van der Waals surface area contributed by atoms with E-state index in [0.717, 1.165) is 11.1 Å². The van der Waals surface area contributed by atoms with Crippen LogP contribution in [0, 0.1) is 0 Å². The number of para-hydroxylation sites is 2. The molecule has 134 valence electrons. The summed E-state index contributed by atoms with van der Waals surface area (Å²) < 4.78 is 5.95. The van der Waals surface area contributed by atoms with Crippen LogP contribution in [0.5, 0.6) is 11.5 Å². The zero-order chi connectivity index (χ0) is 18.8. The van der Waals surface area contributed by atoms with Crippen LogP contribution in [0.15, 0.2) is 66.7 Å². The topological polar surface area (TPSA) is 87.7 Å². The number of carbonyl (C=O) groups is 2. The first kappa shape index (κ1) is 16.8. The van der Waals surface area contributed by atoms with Gasteiger partial charge in [-0.2, -0.15) is 0 Å². The molecule has 0 aromatic heterocycles. The van der Waals surface area contributed by atoms with Gasteiger partial charge in [-0.3, -0.25) is 14.8 Å². The molecule has 2 amide bonds. The first-order chi connectivity index (χ1) is 13.2. The Kier molecular flexibility index (Phi) is 4.32. The highest BCUT2D eigenvalue weighted by atomic mass is 16.5. The van der Waals surface area contributed by atoms with Crippen LogP contribution >= 0.6 is 0 Å². The molecule has 0 bridgehead atoms. The van der Waals surface area contributed by atoms with Crippen molar-refractivity contribution < 1.29 is 19.5 Å². The van der Waals surface area contributed by atoms with Gasteiger partial charge in [-0.05, 0) is 47.9 Å². The molecule has 0 saturated carbocycles. The first-order valence-electron chi connectivity index (χ1n) is 8.39. The van der Waals surface area contributed by atoms with Gasteiger partial charge in [0.2, 0.25) is 0 Å². The van der Waals surface area contributed by atoms with E-state index in [1.54, 1.807) is 47.9 Å². The van der Waals surface area contributed by atoms with Gasteiger partial charge in [0.05, 0.1) is 11.3 Å². The van der Waals surface area contributed by atoms with Crippen molar-refractivity contribution in [2.75, 3.05) is 5.32 Å². The molecular formula is C21H16N2O4. The van der Waals surface area contributed by atoms with Gasteiger partial charge in [-0.15, -0.1) is 0 Å². The average molecular weight is 360 g/mol. The molecule has 1 heterocycles. The summed E-state index contributed by atoms with van der Waals surface area (Å²) in [7, 11) is 0. The van der Waals surface area contributed by atoms with E-state index in [1.807, 2.05) is 24.3 Å². The van der Waals surface area contributed by atoms with E-state index in [0.29, 0.717) is 34.7 Å². The van der Waals surface area contributed by atoms with E-state index < -0.39 is 5.91 Å². The number of anilines is 1. The molecule has 0 aliphatic carbocycles. The molecule has 0 saturated heterocycles. The highest BCUT2D eigenvalue weighted by molar-refractivity contribution is 6.08. The number of hydroxylamine groups is 1. The van der Waals surface area contributed by atoms with Crippen LogP contribution in [0.2, 0.25) is 0 Å². The summed E-state index contributed by atoms with van der Waals surface area (Å²) in [6, 6.07) is 19.6. The second-order valence-corrected chi connectivity index (χ2v) is 6.16. The van der Waals surface area contributed by atoms with E-state index in [4.69, 9.17) is 9.94 Å². The number of carbonyl (C=O) groups excluding carboxylic acids is 2. The van der Waals surface area contributed by atoms with Gasteiger partial charge in [-0.1, -0.05) is 36.4 Å². The van der Waals surface area contributed by atoms with Crippen molar-refractivity contribution in [1.29, 1.82) is 0 Å². The third-order valence-corrected chi connectivity index (χ3v) is 4.41. The van der Waals surface area contributed by atoms with E-state index in [1.165, 1.54) is 0 Å². The van der Waals surface area contributed by atoms with Crippen molar-refractivity contribution in [1.82, 2.24) is 5.48 Å². The fourth-order valence-corrected chi connectivity index (χ4v) is 3.05. The van der Waals surface area contributed by atoms with E-state index >= 15 is 0 Å². The molecule has 0 atom stereocenters. The zero-order valence-corrected chi connectivity index (χ0v) is 14.2. The summed E-state index contributed by atoms with van der Waals surface area (Å²) in [5, 5.41) is 11.6. The second-order valence-electron chi connectivity index (χ2n) is 6.16. The number of rotatable bonds is 3. The van der Waals surface area contributed by atoms with Crippen molar-refractivity contribution >= 4 is 17.5 Å². The lowest BCUT2D eigenvalue weighted by atomic mass is 10.0. The van der Waals surface area contributed by atoms with Gasteiger partial charge in [0.1, 0.15) is 5.75 Å². The molecule has 3 aromatic rings. The summed E-state index contributed by atoms with van der Waals surface area (Å²) >= 11 is 0. The Morgan fingerprint density at radius 2 is 1.70 bits per heavy atom. The molecule has 4 rings (SSSR count). The summed E-state index contributed by atoms with van der Waals surface area (Å²) in [5.41, 5.74) is 4.94. The predicted molar refractivity (Wildman–Crippen MR) is 99.4 cm³/mol. The number of hydrogen-bond acceptors (Lipinski definition) is 4. The molecule has 0 fully saturated rings. The van der Waals surface area contributed by atoms with Crippen molar-refractivity contribution in [2.24, 2.45) is 0 Å². The Bertz CT molecular complexity index is 1030. The number of nitrogens with one attached hydrogen (secondary N) is 2. The maximum Gasteiger partial charge on any atom is 0.274 e. The Morgan fingerprint density at radius 1 is 0.963 bits per heavy atom. The molecule has 1 aliphatic heterocycles. The SMILES string of the molecule is O=C(NO)c1ccc(Cc2cccc3c2NC(=O)c2ccccc2O3)cc1. The minimum atomic E-state index is -0.562. The molecule has 1 aliphatic rings. The smallest absolute Gasteiger partial charge is 0.274 e. The average Bonchev–Trinajstić information content (AvgIpc) is 2.85. The van der Waals surface area contributed by atoms with Crippen molar-refractivity contribution in [3.8, 4) is 11.5 Å². The van der Waals surface area contributed by atoms with Crippen LogP contribution < -0.4 is 15.5 Å². The van der Waals surface area contributed by atoms with Crippen LogP contribution in [0.25, 0.3) is 0 Å². The van der Waals surface area contributed by atoms with Gasteiger partial charge < -0.3 is 10.1 Å². The lowest BCUT2D eigenvalue weighted by Gasteiger charge is -2.13. The van der Waals surface area contributed by atoms with Gasteiger partial charge in [0.25, 0.3) is 11.8 Å². The van der Waals surface area contributed by atoms with Crippen LogP contribution in [-0.4, -0.2) is 17.0 Å². The first-order valence-corrected chi connectivity index (χ1v) is 8.39. The quantitative estimate of drug-likeness (QED) is 0.490. The molecule has 6 nitrogen and oxygen atoms in total. The Morgan fingerprint density at radius 3 is 2.48 bits per heavy atom. The van der Waals surface area contributed by atoms with E-state index in [2.05, 4.69) is 5.32 Å². The Balaban J connectivity index is 1.66. The highest BCUT2D eigenvalue weighted by Gasteiger charge is 2.22. The maximum absolute atomic E-state index is 12.6. The van der Waals surface area contributed by atoms with E-state index in [9.17, 15) is 9.59 Å². The second kappa shape index (κ2) is 6.93. The summed E-state index contributed by atoms with van der Waals surface area (Å²) in [6.45, 7) is 0. The minimum absolute atomic E-state index is 0.216. The number of hydrogen-bond donors (Lipinski definition) is 3. The van der Waals surface area contributed by atoms with Crippen molar-refractivity contribution in [2.45, 2.75) is 6.42 Å². The molecule has 0 radical (unpaired) electrons. The summed E-state index contributed by atoms with van der Waals surface area (Å²) in [5.74, 6) is 0.327. The molecule has 3 aromatic carbocycles. The maximum atomic E-state index is 12.6. The van der Waals surface area contributed by atoms with Crippen molar-refractivity contribution in [3.63, 3.8) is 0 Å². The standard InChI is InChI=1S/C21H16N2O4/c24-20(23-26)14-10-8-13(9-11-14)12-15-4-3-7-18-19(15)22-21(25)16-5-1-2-6-17(16)27-18/h1-11,26H,12H2,(H,22,25)(H,23,24). The van der Waals surface area contributed by atoms with Crippen LogP contribution in [0.1, 0.15) is 31.8 Å². The molecule has 0 spiro atoms. The number of ether oxygens (including phenoxy) is 1. The Hall–Kier alpha value is -3.64. The molecular weight excluding hydrogens is 344 g/mol. The third-order valence-electron chi connectivity index (χ3n) is 4.41. The highest BCUT2D eigenvalue weighted by Crippen LogP contribution is 2.38. The summed E-state index contributed by atoms with van der Waals surface area (Å²) in [6.07, 6.45) is 0.546. The third kappa shape index (κ3) is 3.26. The molecule has 6 heteroatoms. The molecule has 3 N–H and O–H groups in total. The van der Waals surface area contributed by atoms with Crippen LogP contribution in [-0.2, 0) is 6.42 Å². The Labute approximate surface area is 155 Å². The van der Waals surface area contributed by atoms with Gasteiger partial charge in [0, 0.05) is 5.56 Å². The lowest BCUT2D eigenvalue weighted by molar-refractivity contribution is 0.0706. The lowest BCUT2D eigenvalue weighted by Crippen LogP contribution is -2.18. The van der Waals surface area contributed by atoms with Gasteiger partial charge >= 0.3 is 0 Å². The number of amides is 2. The summed E-state index contributed by atoms with van der Waals surface area (Å²) in [4.78, 5) is 24.0. The normalized spacial score (nSPS) is 12.1. The molecule has 27 heavy (non-hydrogen) atoms. The largest absolute Gasteiger partial charge is 0.454 e. The monoisotopic (exact) mass is 360 g/mol. The van der Waals surface area contributed by atoms with Gasteiger partial charge in [0.15, 0.2) is 5.75 Å². The number of fused-ring (bicyclic) bond motifs is 2. The number of benzene rings is 3. The van der Waals surface area contributed by atoms with Crippen LogP contribution in [0.3, 0.4) is 0 Å². The van der Waals surface area contributed by atoms with Crippen molar-refractivity contribution in [3.05, 3.63) is 89.0 Å².